The van der Waals surface area contributed by atoms with Crippen LogP contribution in [0.25, 0.3) is 0 Å². The van der Waals surface area contributed by atoms with Gasteiger partial charge in [-0.25, -0.2) is 4.98 Å². The molecule has 27 heavy (non-hydrogen) atoms. The van der Waals surface area contributed by atoms with E-state index in [9.17, 15) is 13.2 Å². The van der Waals surface area contributed by atoms with Crippen molar-refractivity contribution in [3.8, 4) is 0 Å². The quantitative estimate of drug-likeness (QED) is 0.524. The van der Waals surface area contributed by atoms with Crippen LogP contribution in [0.3, 0.4) is 0 Å². The molecular formula is C17H24F3N5OS. The Kier molecular flexibility index (Phi) is 7.66. The molecule has 0 saturated heterocycles. The highest BCUT2D eigenvalue weighted by molar-refractivity contribution is 7.09. The van der Waals surface area contributed by atoms with E-state index >= 15 is 0 Å². The third-order valence-electron chi connectivity index (χ3n) is 3.74. The highest BCUT2D eigenvalue weighted by Gasteiger charge is 2.33. The maximum Gasteiger partial charge on any atom is 0.434 e. The molecule has 0 bridgehead atoms. The molecule has 150 valence electrons. The van der Waals surface area contributed by atoms with E-state index < -0.39 is 11.9 Å². The molecule has 0 aliphatic heterocycles. The summed E-state index contributed by atoms with van der Waals surface area (Å²) in [4.78, 5) is 10.2. The first kappa shape index (κ1) is 21.2. The molecule has 0 radical (unpaired) electrons. The summed E-state index contributed by atoms with van der Waals surface area (Å²) in [7, 11) is 3.90. The number of furan rings is 1. The lowest BCUT2D eigenvalue weighted by molar-refractivity contribution is -0.140. The van der Waals surface area contributed by atoms with Crippen molar-refractivity contribution >= 4 is 17.3 Å². The Bertz CT molecular complexity index is 712. The molecule has 2 heterocycles. The summed E-state index contributed by atoms with van der Waals surface area (Å²) in [6.07, 6.45) is -2.38. The number of likely N-dealkylation sites (N-methyl/N-ethyl adjacent to an activating group) is 1. The van der Waals surface area contributed by atoms with Crippen LogP contribution in [0, 0.1) is 0 Å². The Morgan fingerprint density at radius 3 is 2.70 bits per heavy atom. The highest BCUT2D eigenvalue weighted by atomic mass is 32.1. The molecule has 2 aromatic rings. The van der Waals surface area contributed by atoms with Crippen molar-refractivity contribution in [2.24, 2.45) is 4.99 Å². The van der Waals surface area contributed by atoms with Crippen molar-refractivity contribution in [3.63, 3.8) is 0 Å². The van der Waals surface area contributed by atoms with Crippen LogP contribution in [0.4, 0.5) is 13.2 Å². The average Bonchev–Trinajstić information content (AvgIpc) is 3.26. The molecule has 0 amide bonds. The van der Waals surface area contributed by atoms with E-state index in [-0.39, 0.29) is 6.04 Å². The first-order valence-electron chi connectivity index (χ1n) is 8.54. The zero-order chi connectivity index (χ0) is 19.9. The lowest BCUT2D eigenvalue weighted by atomic mass is 10.2. The van der Waals surface area contributed by atoms with Crippen molar-refractivity contribution in [2.45, 2.75) is 25.6 Å². The minimum Gasteiger partial charge on any atom is -0.468 e. The molecule has 0 aliphatic rings. The van der Waals surface area contributed by atoms with E-state index in [0.717, 1.165) is 22.5 Å². The first-order chi connectivity index (χ1) is 12.8. The molecule has 2 N–H and O–H groups in total. The molecule has 0 aromatic carbocycles. The van der Waals surface area contributed by atoms with Gasteiger partial charge in [-0.2, -0.15) is 13.2 Å². The first-order valence-corrected chi connectivity index (χ1v) is 9.42. The Balaban J connectivity index is 1.92. The van der Waals surface area contributed by atoms with E-state index in [1.54, 1.807) is 6.26 Å². The molecular weight excluding hydrogens is 379 g/mol. The van der Waals surface area contributed by atoms with Gasteiger partial charge in [0, 0.05) is 24.9 Å². The largest absolute Gasteiger partial charge is 0.468 e. The summed E-state index contributed by atoms with van der Waals surface area (Å²) in [6, 6.07) is 3.73. The van der Waals surface area contributed by atoms with Crippen LogP contribution in [-0.4, -0.2) is 49.6 Å². The van der Waals surface area contributed by atoms with Crippen LogP contribution >= 0.6 is 11.3 Å². The van der Waals surface area contributed by atoms with Crippen molar-refractivity contribution in [2.75, 3.05) is 33.7 Å². The Morgan fingerprint density at radius 2 is 2.15 bits per heavy atom. The predicted molar refractivity (Wildman–Crippen MR) is 99.9 cm³/mol. The van der Waals surface area contributed by atoms with Crippen molar-refractivity contribution in [1.29, 1.82) is 0 Å². The molecule has 0 saturated carbocycles. The van der Waals surface area contributed by atoms with Crippen LogP contribution in [-0.2, 0) is 12.6 Å². The van der Waals surface area contributed by atoms with Gasteiger partial charge in [-0.1, -0.05) is 0 Å². The predicted octanol–water partition coefficient (Wildman–Crippen LogP) is 3.16. The third-order valence-corrected chi connectivity index (χ3v) is 4.64. The average molecular weight is 403 g/mol. The second-order valence-electron chi connectivity index (χ2n) is 6.02. The zero-order valence-corrected chi connectivity index (χ0v) is 16.3. The number of nitrogens with one attached hydrogen (secondary N) is 2. The monoisotopic (exact) mass is 403 g/mol. The minimum atomic E-state index is -4.40. The number of aromatic nitrogens is 1. The lowest BCUT2D eigenvalue weighted by Gasteiger charge is -2.21. The topological polar surface area (TPSA) is 65.7 Å². The minimum absolute atomic E-state index is 0.0104. The summed E-state index contributed by atoms with van der Waals surface area (Å²) < 4.78 is 43.3. The van der Waals surface area contributed by atoms with Crippen molar-refractivity contribution in [3.05, 3.63) is 40.2 Å². The Labute approximate surface area is 160 Å². The SMILES string of the molecule is CCNC(=NCC(c1ccco1)N(C)C)NCCc1nc(C(F)(F)F)cs1. The van der Waals surface area contributed by atoms with Crippen molar-refractivity contribution < 1.29 is 17.6 Å². The molecule has 0 fully saturated rings. The van der Waals surface area contributed by atoms with Crippen LogP contribution in [0.15, 0.2) is 33.2 Å². The smallest absolute Gasteiger partial charge is 0.434 e. The maximum absolute atomic E-state index is 12.6. The number of hydrogen-bond donors (Lipinski definition) is 2. The molecule has 2 rings (SSSR count). The van der Waals surface area contributed by atoms with Gasteiger partial charge in [0.05, 0.1) is 23.9 Å². The second kappa shape index (κ2) is 9.75. The highest BCUT2D eigenvalue weighted by Crippen LogP contribution is 2.30. The second-order valence-corrected chi connectivity index (χ2v) is 6.96. The number of rotatable bonds is 8. The molecule has 1 atom stereocenters. The van der Waals surface area contributed by atoms with Crippen molar-refractivity contribution in [1.82, 2.24) is 20.5 Å². The Morgan fingerprint density at radius 1 is 1.37 bits per heavy atom. The molecule has 10 heteroatoms. The number of nitrogens with zero attached hydrogens (tertiary/aromatic N) is 3. The fraction of sp³-hybridized carbons (Fsp3) is 0.529. The fourth-order valence-electron chi connectivity index (χ4n) is 2.35. The normalized spacial score (nSPS) is 13.8. The fourth-order valence-corrected chi connectivity index (χ4v) is 3.16. The number of guanidine groups is 1. The van der Waals surface area contributed by atoms with Crippen LogP contribution in [0.2, 0.25) is 0 Å². The molecule has 0 spiro atoms. The molecule has 2 aromatic heterocycles. The maximum atomic E-state index is 12.6. The summed E-state index contributed by atoms with van der Waals surface area (Å²) in [5.41, 5.74) is -0.838. The van der Waals surface area contributed by atoms with Gasteiger partial charge in [-0.15, -0.1) is 11.3 Å². The van der Waals surface area contributed by atoms with Crippen LogP contribution in [0.1, 0.15) is 29.4 Å². The van der Waals surface area contributed by atoms with Gasteiger partial charge in [0.15, 0.2) is 11.7 Å². The van der Waals surface area contributed by atoms with Gasteiger partial charge in [0.25, 0.3) is 0 Å². The third kappa shape index (κ3) is 6.55. The number of alkyl halides is 3. The van der Waals surface area contributed by atoms with Gasteiger partial charge in [0.1, 0.15) is 5.76 Å². The zero-order valence-electron chi connectivity index (χ0n) is 15.5. The molecule has 1 unspecified atom stereocenters. The van der Waals surface area contributed by atoms with E-state index in [1.807, 2.05) is 38.1 Å². The summed E-state index contributed by atoms with van der Waals surface area (Å²) >= 11 is 1.01. The van der Waals surface area contributed by atoms with Gasteiger partial charge >= 0.3 is 6.18 Å². The van der Waals surface area contributed by atoms with E-state index in [4.69, 9.17) is 4.42 Å². The van der Waals surface area contributed by atoms with Gasteiger partial charge in [-0.3, -0.25) is 9.89 Å². The van der Waals surface area contributed by atoms with Gasteiger partial charge < -0.3 is 15.1 Å². The number of aliphatic imine (C=N–C) groups is 1. The van der Waals surface area contributed by atoms with Crippen LogP contribution in [0.5, 0.6) is 0 Å². The van der Waals surface area contributed by atoms with E-state index in [1.165, 1.54) is 0 Å². The van der Waals surface area contributed by atoms with E-state index in [0.29, 0.717) is 37.0 Å². The van der Waals surface area contributed by atoms with Gasteiger partial charge in [-0.05, 0) is 33.2 Å². The molecule has 6 nitrogen and oxygen atoms in total. The van der Waals surface area contributed by atoms with E-state index in [2.05, 4.69) is 20.6 Å². The Hall–Kier alpha value is -2.07. The summed E-state index contributed by atoms with van der Waals surface area (Å²) in [6.45, 7) is 3.54. The lowest BCUT2D eigenvalue weighted by Crippen LogP contribution is -2.39. The van der Waals surface area contributed by atoms with Gasteiger partial charge in [0.2, 0.25) is 0 Å². The standard InChI is InChI=1S/C17H24F3N5OS/c1-4-21-16(23-10-12(25(2)3)13-6-5-9-26-13)22-8-7-15-24-14(11-27-15)17(18,19)20/h5-6,9,11-12H,4,7-8,10H2,1-3H3,(H2,21,22,23). The molecule has 0 aliphatic carbocycles. The van der Waals surface area contributed by atoms with Crippen LogP contribution < -0.4 is 10.6 Å². The number of hydrogen-bond acceptors (Lipinski definition) is 5. The summed E-state index contributed by atoms with van der Waals surface area (Å²) in [5, 5.41) is 7.74. The summed E-state index contributed by atoms with van der Waals surface area (Å²) in [5.74, 6) is 1.42. The number of halogens is 3. The number of thiazole rings is 1.